The van der Waals surface area contributed by atoms with Crippen molar-refractivity contribution in [3.8, 4) is 0 Å². The Kier molecular flexibility index (Phi) is 4.10. The smallest absolute Gasteiger partial charge is 0.270 e. The van der Waals surface area contributed by atoms with E-state index in [1.165, 1.54) is 6.20 Å². The van der Waals surface area contributed by atoms with Gasteiger partial charge in [0.25, 0.3) is 5.91 Å². The third-order valence-electron chi connectivity index (χ3n) is 3.95. The number of hydrogen-bond acceptors (Lipinski definition) is 3. The summed E-state index contributed by atoms with van der Waals surface area (Å²) in [5.74, 6) is 0.272. The van der Waals surface area contributed by atoms with Crippen LogP contribution in [0.3, 0.4) is 0 Å². The van der Waals surface area contributed by atoms with Crippen molar-refractivity contribution in [2.45, 2.75) is 31.7 Å². The van der Waals surface area contributed by atoms with Crippen LogP contribution in [0.15, 0.2) is 18.3 Å². The molecule has 3 rings (SSSR count). The molecule has 21 heavy (non-hydrogen) atoms. The molecule has 5 nitrogen and oxygen atoms in total. The lowest BCUT2D eigenvalue weighted by Gasteiger charge is -2.33. The predicted molar refractivity (Wildman–Crippen MR) is 79.0 cm³/mol. The summed E-state index contributed by atoms with van der Waals surface area (Å²) >= 11 is 5.76. The molecule has 0 bridgehead atoms. The lowest BCUT2D eigenvalue weighted by Crippen LogP contribution is -2.50. The maximum atomic E-state index is 12.1. The van der Waals surface area contributed by atoms with Crippen molar-refractivity contribution in [3.63, 3.8) is 0 Å². The van der Waals surface area contributed by atoms with E-state index in [4.69, 9.17) is 11.6 Å². The molecule has 1 aromatic rings. The second-order valence-corrected chi connectivity index (χ2v) is 6.17. The molecule has 2 fully saturated rings. The molecule has 2 heterocycles. The number of halogens is 1. The van der Waals surface area contributed by atoms with Gasteiger partial charge in [0, 0.05) is 31.2 Å². The Morgan fingerprint density at radius 2 is 2.10 bits per heavy atom. The average Bonchev–Trinajstić information content (AvgIpc) is 3.32. The van der Waals surface area contributed by atoms with E-state index in [0.717, 1.165) is 32.2 Å². The molecule has 1 N–H and O–H groups in total. The van der Waals surface area contributed by atoms with E-state index in [1.54, 1.807) is 12.1 Å². The molecule has 1 unspecified atom stereocenters. The van der Waals surface area contributed by atoms with Gasteiger partial charge in [-0.15, -0.1) is 0 Å². The molecule has 1 aliphatic heterocycles. The second-order valence-electron chi connectivity index (χ2n) is 5.73. The fourth-order valence-corrected chi connectivity index (χ4v) is 2.76. The number of nitrogens with one attached hydrogen (secondary N) is 1. The zero-order valence-electron chi connectivity index (χ0n) is 11.7. The topological polar surface area (TPSA) is 62.3 Å². The first-order chi connectivity index (χ1) is 10.1. The summed E-state index contributed by atoms with van der Waals surface area (Å²) in [7, 11) is 0. The highest BCUT2D eigenvalue weighted by atomic mass is 35.5. The number of aromatic nitrogens is 1. The van der Waals surface area contributed by atoms with Crippen molar-refractivity contribution in [1.29, 1.82) is 0 Å². The minimum absolute atomic E-state index is 0.00595. The second kappa shape index (κ2) is 6.02. The molecule has 1 aliphatic carbocycles. The van der Waals surface area contributed by atoms with Crippen molar-refractivity contribution < 1.29 is 9.59 Å². The van der Waals surface area contributed by atoms with Crippen LogP contribution in [0.5, 0.6) is 0 Å². The minimum atomic E-state index is -0.211. The normalized spacial score (nSPS) is 22.0. The number of amides is 2. The number of carbonyl (C=O) groups excluding carboxylic acids is 2. The largest absolute Gasteiger partial charge is 0.346 e. The maximum Gasteiger partial charge on any atom is 0.270 e. The molecule has 2 amide bonds. The number of pyridine rings is 1. The Morgan fingerprint density at radius 3 is 2.76 bits per heavy atom. The van der Waals surface area contributed by atoms with Crippen molar-refractivity contribution in [1.82, 2.24) is 15.2 Å². The van der Waals surface area contributed by atoms with Gasteiger partial charge in [-0.1, -0.05) is 11.6 Å². The first kappa shape index (κ1) is 14.3. The lowest BCUT2D eigenvalue weighted by molar-refractivity contribution is -0.133. The first-order valence-electron chi connectivity index (χ1n) is 7.34. The molecule has 112 valence electrons. The van der Waals surface area contributed by atoms with Crippen LogP contribution in [0.4, 0.5) is 0 Å². The van der Waals surface area contributed by atoms with Crippen LogP contribution >= 0.6 is 11.6 Å². The molecule has 6 heteroatoms. The number of nitrogens with zero attached hydrogens (tertiary/aromatic N) is 2. The van der Waals surface area contributed by atoms with E-state index in [0.29, 0.717) is 17.3 Å². The van der Waals surface area contributed by atoms with Gasteiger partial charge in [0.1, 0.15) is 5.69 Å². The summed E-state index contributed by atoms with van der Waals surface area (Å²) in [6, 6.07) is 3.26. The van der Waals surface area contributed by atoms with Crippen molar-refractivity contribution >= 4 is 23.4 Å². The van der Waals surface area contributed by atoms with Crippen LogP contribution in [0, 0.1) is 5.92 Å². The van der Waals surface area contributed by atoms with E-state index >= 15 is 0 Å². The van der Waals surface area contributed by atoms with Crippen LogP contribution in [-0.2, 0) is 4.79 Å². The van der Waals surface area contributed by atoms with Crippen molar-refractivity contribution in [2.24, 2.45) is 5.92 Å². The Labute approximate surface area is 128 Å². The van der Waals surface area contributed by atoms with Crippen LogP contribution in [0.25, 0.3) is 0 Å². The summed E-state index contributed by atoms with van der Waals surface area (Å²) in [4.78, 5) is 30.1. The van der Waals surface area contributed by atoms with Gasteiger partial charge >= 0.3 is 0 Å². The maximum absolute atomic E-state index is 12.1. The highest BCUT2D eigenvalue weighted by molar-refractivity contribution is 6.30. The highest BCUT2D eigenvalue weighted by Gasteiger charge is 2.35. The molecule has 0 radical (unpaired) electrons. The van der Waals surface area contributed by atoms with E-state index in [2.05, 4.69) is 10.3 Å². The Hall–Kier alpha value is -1.62. The van der Waals surface area contributed by atoms with Crippen molar-refractivity contribution in [3.05, 3.63) is 29.0 Å². The van der Waals surface area contributed by atoms with Crippen molar-refractivity contribution in [2.75, 3.05) is 13.1 Å². The van der Waals surface area contributed by atoms with Gasteiger partial charge in [-0.2, -0.15) is 0 Å². The Bertz CT molecular complexity index is 542. The molecule has 0 spiro atoms. The summed E-state index contributed by atoms with van der Waals surface area (Å²) in [6.45, 7) is 1.41. The van der Waals surface area contributed by atoms with Crippen LogP contribution in [0.1, 0.15) is 36.2 Å². The highest BCUT2D eigenvalue weighted by Crippen LogP contribution is 2.31. The molecular weight excluding hydrogens is 290 g/mol. The summed E-state index contributed by atoms with van der Waals surface area (Å²) in [5.41, 5.74) is 0.352. The SMILES string of the molecule is O=C(NC1CCCN(C(=O)C2CC2)C1)c1ccc(Cl)cn1. The summed E-state index contributed by atoms with van der Waals surface area (Å²) in [6.07, 6.45) is 5.31. The van der Waals surface area contributed by atoms with Gasteiger partial charge in [-0.3, -0.25) is 9.59 Å². The van der Waals surface area contributed by atoms with E-state index in [-0.39, 0.29) is 23.8 Å². The summed E-state index contributed by atoms with van der Waals surface area (Å²) < 4.78 is 0. The third-order valence-corrected chi connectivity index (χ3v) is 4.18. The minimum Gasteiger partial charge on any atom is -0.346 e. The zero-order chi connectivity index (χ0) is 14.8. The molecule has 1 saturated heterocycles. The quantitative estimate of drug-likeness (QED) is 0.927. The molecule has 1 aromatic heterocycles. The van der Waals surface area contributed by atoms with E-state index in [1.807, 2.05) is 4.90 Å². The number of likely N-dealkylation sites (tertiary alicyclic amines) is 1. The van der Waals surface area contributed by atoms with Crippen LogP contribution in [-0.4, -0.2) is 40.8 Å². The molecule has 2 aliphatic rings. The van der Waals surface area contributed by atoms with E-state index < -0.39 is 0 Å². The first-order valence-corrected chi connectivity index (χ1v) is 7.72. The predicted octanol–water partition coefficient (Wildman–Crippen LogP) is 1.87. The Balaban J connectivity index is 1.57. The zero-order valence-corrected chi connectivity index (χ0v) is 12.5. The Morgan fingerprint density at radius 1 is 1.29 bits per heavy atom. The number of hydrogen-bond donors (Lipinski definition) is 1. The fourth-order valence-electron chi connectivity index (χ4n) is 2.65. The average molecular weight is 308 g/mol. The fraction of sp³-hybridized carbons (Fsp3) is 0.533. The number of carbonyl (C=O) groups is 2. The molecular formula is C15H18ClN3O2. The van der Waals surface area contributed by atoms with Gasteiger partial charge in [0.2, 0.25) is 5.91 Å². The van der Waals surface area contributed by atoms with Gasteiger partial charge in [-0.25, -0.2) is 4.98 Å². The lowest BCUT2D eigenvalue weighted by atomic mass is 10.0. The van der Waals surface area contributed by atoms with Gasteiger partial charge < -0.3 is 10.2 Å². The van der Waals surface area contributed by atoms with Gasteiger partial charge in [-0.05, 0) is 37.8 Å². The van der Waals surface area contributed by atoms with Gasteiger partial charge in [0.05, 0.1) is 5.02 Å². The van der Waals surface area contributed by atoms with Gasteiger partial charge in [0.15, 0.2) is 0 Å². The monoisotopic (exact) mass is 307 g/mol. The molecule has 1 saturated carbocycles. The molecule has 1 atom stereocenters. The van der Waals surface area contributed by atoms with Crippen LogP contribution in [0.2, 0.25) is 5.02 Å². The van der Waals surface area contributed by atoms with Crippen LogP contribution < -0.4 is 5.32 Å². The molecule has 0 aromatic carbocycles. The standard InChI is InChI=1S/C15H18ClN3O2/c16-11-5-6-13(17-8-11)14(20)18-12-2-1-7-19(9-12)15(21)10-3-4-10/h5-6,8,10,12H,1-4,7,9H2,(H,18,20). The van der Waals surface area contributed by atoms with E-state index in [9.17, 15) is 9.59 Å². The number of piperidine rings is 1. The summed E-state index contributed by atoms with van der Waals surface area (Å²) in [5, 5.41) is 3.47. The third kappa shape index (κ3) is 3.53. The number of rotatable bonds is 3.